The minimum Gasteiger partial charge on any atom is -0.382 e. The number of hydrogen-bond donors (Lipinski definition) is 1. The maximum Gasteiger partial charge on any atom is 0.332 e. The van der Waals surface area contributed by atoms with Crippen LogP contribution in [-0.2, 0) is 27.1 Å². The second-order valence-electron chi connectivity index (χ2n) is 6.24. The van der Waals surface area contributed by atoms with Crippen LogP contribution in [-0.4, -0.2) is 33.9 Å². The van der Waals surface area contributed by atoms with Crippen molar-refractivity contribution in [3.05, 3.63) is 26.7 Å². The molecule has 0 bridgehead atoms. The van der Waals surface area contributed by atoms with Gasteiger partial charge in [-0.1, -0.05) is 6.42 Å². The summed E-state index contributed by atoms with van der Waals surface area (Å²) in [4.78, 5) is 33.2. The zero-order valence-electron chi connectivity index (χ0n) is 14.1. The van der Waals surface area contributed by atoms with Crippen molar-refractivity contribution < 1.29 is 0 Å². The van der Waals surface area contributed by atoms with Gasteiger partial charge < -0.3 is 10.3 Å². The van der Waals surface area contributed by atoms with Crippen LogP contribution in [0.5, 0.6) is 0 Å². The van der Waals surface area contributed by atoms with E-state index < -0.39 is 11.2 Å². The van der Waals surface area contributed by atoms with Crippen LogP contribution in [0.3, 0.4) is 0 Å². The molecule has 0 spiro atoms. The maximum atomic E-state index is 12.4. The summed E-state index contributed by atoms with van der Waals surface area (Å²) < 4.78 is 4.25. The van der Waals surface area contributed by atoms with Crippen molar-refractivity contribution in [2.75, 3.05) is 5.73 Å². The van der Waals surface area contributed by atoms with Crippen molar-refractivity contribution in [1.82, 2.24) is 33.9 Å². The Hall–Kier alpha value is -3.04. The Morgan fingerprint density at radius 3 is 2.60 bits per heavy atom. The molecule has 0 radical (unpaired) electrons. The third-order valence-electron chi connectivity index (χ3n) is 4.62. The van der Waals surface area contributed by atoms with Gasteiger partial charge in [-0.3, -0.25) is 13.9 Å². The highest BCUT2D eigenvalue weighted by molar-refractivity contribution is 5.77. The lowest BCUT2D eigenvalue weighted by atomic mass is 10.2. The second-order valence-corrected chi connectivity index (χ2v) is 6.24. The highest BCUT2D eigenvalue weighted by Crippen LogP contribution is 2.25. The first-order valence-corrected chi connectivity index (χ1v) is 8.14. The first-order valence-electron chi connectivity index (χ1n) is 8.14. The predicted molar refractivity (Wildman–Crippen MR) is 91.0 cm³/mol. The number of hydrogen-bond acceptors (Lipinski definition) is 7. The normalized spacial score (nSPS) is 14.5. The van der Waals surface area contributed by atoms with E-state index in [0.717, 1.165) is 42.6 Å². The molecule has 3 aromatic rings. The van der Waals surface area contributed by atoms with Crippen molar-refractivity contribution in [2.24, 2.45) is 14.1 Å². The van der Waals surface area contributed by atoms with Gasteiger partial charge in [-0.15, -0.1) is 10.2 Å². The Labute approximate surface area is 142 Å². The number of nitrogens with zero attached hydrogens (tertiary/aromatic N) is 7. The predicted octanol–water partition coefficient (Wildman–Crippen LogP) is -0.406. The Bertz CT molecular complexity index is 1110. The van der Waals surface area contributed by atoms with Gasteiger partial charge in [0.1, 0.15) is 5.82 Å². The maximum absolute atomic E-state index is 12.4. The number of anilines is 1. The first-order chi connectivity index (χ1) is 12.0. The molecule has 3 aromatic heterocycles. The summed E-state index contributed by atoms with van der Waals surface area (Å²) in [7, 11) is 2.94. The smallest absolute Gasteiger partial charge is 0.332 e. The average Bonchev–Trinajstić information content (AvgIpc) is 2.85. The fourth-order valence-electron chi connectivity index (χ4n) is 3.20. The first kappa shape index (κ1) is 15.5. The fraction of sp³-hybridized carbons (Fsp3) is 0.467. The molecule has 4 rings (SSSR count). The molecule has 0 aliphatic carbocycles. The number of fused-ring (bicyclic) bond motifs is 2. The Morgan fingerprint density at radius 1 is 1.00 bits per heavy atom. The molecule has 0 saturated heterocycles. The summed E-state index contributed by atoms with van der Waals surface area (Å²) in [6.45, 7) is 0.780. The van der Waals surface area contributed by atoms with Crippen molar-refractivity contribution in [3.63, 3.8) is 0 Å². The van der Waals surface area contributed by atoms with E-state index in [1.54, 1.807) is 0 Å². The van der Waals surface area contributed by atoms with Gasteiger partial charge in [0.25, 0.3) is 5.56 Å². The highest BCUT2D eigenvalue weighted by atomic mass is 16.2. The summed E-state index contributed by atoms with van der Waals surface area (Å²) in [5.41, 5.74) is 5.65. The largest absolute Gasteiger partial charge is 0.382 e. The van der Waals surface area contributed by atoms with Gasteiger partial charge in [-0.2, -0.15) is 0 Å². The van der Waals surface area contributed by atoms with Crippen LogP contribution in [0, 0.1) is 0 Å². The lowest BCUT2D eigenvalue weighted by molar-refractivity contribution is 0.636. The van der Waals surface area contributed by atoms with E-state index >= 15 is 0 Å². The quantitative estimate of drug-likeness (QED) is 0.637. The molecule has 0 unspecified atom stereocenters. The molecule has 0 aromatic carbocycles. The molecule has 0 saturated carbocycles. The molecule has 0 fully saturated rings. The van der Waals surface area contributed by atoms with Gasteiger partial charge in [-0.25, -0.2) is 14.8 Å². The van der Waals surface area contributed by atoms with Crippen LogP contribution in [0.2, 0.25) is 0 Å². The summed E-state index contributed by atoms with van der Waals surface area (Å²) in [5.74, 6) is 1.53. The molecule has 1 aliphatic rings. The second kappa shape index (κ2) is 5.50. The van der Waals surface area contributed by atoms with Crippen molar-refractivity contribution >= 4 is 17.0 Å². The SMILES string of the molecule is Cn1c(=O)c2nc(-c3nnc4n3CCCCC4)c(N)nc2n(C)c1=O. The topological polar surface area (TPSA) is 127 Å². The number of aromatic nitrogens is 7. The lowest BCUT2D eigenvalue weighted by Gasteiger charge is -2.11. The van der Waals surface area contributed by atoms with E-state index in [4.69, 9.17) is 5.73 Å². The molecule has 10 nitrogen and oxygen atoms in total. The van der Waals surface area contributed by atoms with Crippen LogP contribution in [0.4, 0.5) is 5.82 Å². The Balaban J connectivity index is 2.01. The third-order valence-corrected chi connectivity index (χ3v) is 4.62. The highest BCUT2D eigenvalue weighted by Gasteiger charge is 2.22. The van der Waals surface area contributed by atoms with Crippen molar-refractivity contribution in [1.29, 1.82) is 0 Å². The van der Waals surface area contributed by atoms with Crippen LogP contribution in [0.1, 0.15) is 25.1 Å². The summed E-state index contributed by atoms with van der Waals surface area (Å²) >= 11 is 0. The standard InChI is InChI=1S/C15H18N8O2/c1-21-12-10(14(24)22(2)15(21)25)17-9(11(16)18-12)13-20-19-8-6-4-3-5-7-23(8)13/h3-7H2,1-2H3,(H2,16,18). The molecule has 130 valence electrons. The minimum atomic E-state index is -0.512. The van der Waals surface area contributed by atoms with Crippen molar-refractivity contribution in [3.8, 4) is 11.5 Å². The van der Waals surface area contributed by atoms with Gasteiger partial charge >= 0.3 is 5.69 Å². The molecular weight excluding hydrogens is 324 g/mol. The molecule has 4 heterocycles. The van der Waals surface area contributed by atoms with Gasteiger partial charge in [-0.05, 0) is 12.8 Å². The molecule has 25 heavy (non-hydrogen) atoms. The van der Waals surface area contributed by atoms with E-state index in [1.807, 2.05) is 4.57 Å². The van der Waals surface area contributed by atoms with Crippen molar-refractivity contribution in [2.45, 2.75) is 32.2 Å². The van der Waals surface area contributed by atoms with E-state index in [-0.39, 0.29) is 17.0 Å². The Kier molecular flexibility index (Phi) is 3.41. The third kappa shape index (κ3) is 2.24. The molecule has 2 N–H and O–H groups in total. The fourth-order valence-corrected chi connectivity index (χ4v) is 3.20. The molecule has 0 amide bonds. The van der Waals surface area contributed by atoms with Crippen LogP contribution in [0.15, 0.2) is 9.59 Å². The Morgan fingerprint density at radius 2 is 1.80 bits per heavy atom. The van der Waals surface area contributed by atoms with E-state index in [1.165, 1.54) is 18.7 Å². The van der Waals surface area contributed by atoms with E-state index in [2.05, 4.69) is 20.2 Å². The minimum absolute atomic E-state index is 0.0831. The van der Waals surface area contributed by atoms with Crippen LogP contribution >= 0.6 is 0 Å². The molecule has 0 atom stereocenters. The zero-order valence-corrected chi connectivity index (χ0v) is 14.1. The molecule has 10 heteroatoms. The number of nitrogen functional groups attached to an aromatic ring is 1. The van der Waals surface area contributed by atoms with Crippen LogP contribution in [0.25, 0.3) is 22.7 Å². The van der Waals surface area contributed by atoms with E-state index in [0.29, 0.717) is 11.5 Å². The lowest BCUT2D eigenvalue weighted by Crippen LogP contribution is -2.38. The van der Waals surface area contributed by atoms with Gasteiger partial charge in [0, 0.05) is 27.1 Å². The van der Waals surface area contributed by atoms with E-state index in [9.17, 15) is 9.59 Å². The zero-order chi connectivity index (χ0) is 17.7. The van der Waals surface area contributed by atoms with Crippen LogP contribution < -0.4 is 17.0 Å². The summed E-state index contributed by atoms with van der Waals surface area (Å²) in [6, 6.07) is 0. The molecule has 1 aliphatic heterocycles. The number of nitrogens with two attached hydrogens (primary N) is 1. The number of rotatable bonds is 1. The molecular formula is C15H18N8O2. The average molecular weight is 342 g/mol. The van der Waals surface area contributed by atoms with Gasteiger partial charge in [0.05, 0.1) is 0 Å². The van der Waals surface area contributed by atoms with Gasteiger partial charge in [0.15, 0.2) is 28.5 Å². The number of aryl methyl sites for hydroxylation is 2. The monoisotopic (exact) mass is 342 g/mol. The summed E-state index contributed by atoms with van der Waals surface area (Å²) in [5, 5.41) is 8.46. The summed E-state index contributed by atoms with van der Waals surface area (Å²) in [6.07, 6.45) is 4.07. The van der Waals surface area contributed by atoms with Gasteiger partial charge in [0.2, 0.25) is 0 Å².